The lowest BCUT2D eigenvalue weighted by atomic mass is 10.2. The maximum Gasteiger partial charge on any atom is 0.260 e. The number of likely N-dealkylation sites (N-methyl/N-ethyl adjacent to an activating group) is 1. The van der Waals surface area contributed by atoms with E-state index < -0.39 is 11.6 Å². The lowest BCUT2D eigenvalue weighted by molar-refractivity contribution is -0.856. The van der Waals surface area contributed by atoms with Gasteiger partial charge in [0.15, 0.2) is 10.9 Å². The summed E-state index contributed by atoms with van der Waals surface area (Å²) in [6, 6.07) is 9.38. The molecule has 0 saturated heterocycles. The van der Waals surface area contributed by atoms with E-state index in [1.807, 2.05) is 32.5 Å². The molecule has 3 rings (SSSR count). The largest absolute Gasteiger partial charge is 0.338 e. The molecule has 0 unspecified atom stereocenters. The van der Waals surface area contributed by atoms with Gasteiger partial charge in [-0.15, -0.1) is 11.8 Å². The van der Waals surface area contributed by atoms with Crippen molar-refractivity contribution in [1.29, 1.82) is 0 Å². The number of amides is 1. The van der Waals surface area contributed by atoms with Gasteiger partial charge in [0.25, 0.3) is 5.91 Å². The summed E-state index contributed by atoms with van der Waals surface area (Å²) in [4.78, 5) is 21.2. The molecule has 0 aliphatic carbocycles. The van der Waals surface area contributed by atoms with Crippen LogP contribution >= 0.6 is 23.1 Å². The molecule has 8 heteroatoms. The lowest BCUT2D eigenvalue weighted by Crippen LogP contribution is -3.06. The smallest absolute Gasteiger partial charge is 0.260 e. The van der Waals surface area contributed by atoms with Crippen LogP contribution in [0.4, 0.5) is 13.9 Å². The number of rotatable bonds is 6. The fourth-order valence-electron chi connectivity index (χ4n) is 2.57. The molecule has 4 nitrogen and oxygen atoms in total. The molecule has 27 heavy (non-hydrogen) atoms. The summed E-state index contributed by atoms with van der Waals surface area (Å²) < 4.78 is 27.9. The zero-order valence-corrected chi connectivity index (χ0v) is 16.9. The van der Waals surface area contributed by atoms with Crippen molar-refractivity contribution in [2.24, 2.45) is 0 Å². The van der Waals surface area contributed by atoms with Crippen LogP contribution in [-0.2, 0) is 0 Å². The number of fused-ring (bicyclic) bond motifs is 1. The minimum Gasteiger partial charge on any atom is -0.338 e. The summed E-state index contributed by atoms with van der Waals surface area (Å²) in [6.07, 6.45) is 1.97. The molecule has 0 aliphatic rings. The number of benzene rings is 2. The molecule has 142 valence electrons. The number of nitrogens with one attached hydrogen (secondary N) is 1. The number of carbonyl (C=O) groups is 1. The second-order valence-corrected chi connectivity index (χ2v) is 8.26. The van der Waals surface area contributed by atoms with Gasteiger partial charge in [-0.1, -0.05) is 11.3 Å². The van der Waals surface area contributed by atoms with Gasteiger partial charge in [-0.05, 0) is 36.6 Å². The molecule has 1 aromatic heterocycles. The Morgan fingerprint density at radius 3 is 2.56 bits per heavy atom. The predicted octanol–water partition coefficient (Wildman–Crippen LogP) is 3.09. The Bertz CT molecular complexity index is 957. The molecule has 1 amide bonds. The van der Waals surface area contributed by atoms with Crippen molar-refractivity contribution in [1.82, 2.24) is 4.98 Å². The molecule has 2 aromatic carbocycles. The van der Waals surface area contributed by atoms with E-state index in [4.69, 9.17) is 0 Å². The van der Waals surface area contributed by atoms with Gasteiger partial charge in [-0.25, -0.2) is 13.8 Å². The number of aromatic nitrogens is 1. The standard InChI is InChI=1S/C19H19F2N3OS2/c1-23(2)8-9-24(18(25)12-4-6-14(26-3)7-5-12)19-22-17-15(21)10-13(20)11-16(17)27-19/h4-7,10-11H,8-9H2,1-3H3/p+1. The molecule has 0 spiro atoms. The van der Waals surface area contributed by atoms with Crippen LogP contribution in [0.15, 0.2) is 41.3 Å². The topological polar surface area (TPSA) is 37.6 Å². The minimum atomic E-state index is -0.720. The summed E-state index contributed by atoms with van der Waals surface area (Å²) >= 11 is 2.72. The van der Waals surface area contributed by atoms with Crippen molar-refractivity contribution in [2.45, 2.75) is 4.90 Å². The van der Waals surface area contributed by atoms with Crippen molar-refractivity contribution in [3.63, 3.8) is 0 Å². The Labute approximate surface area is 164 Å². The van der Waals surface area contributed by atoms with Crippen molar-refractivity contribution >= 4 is 44.4 Å². The second kappa shape index (κ2) is 8.33. The number of halogens is 2. The first-order valence-corrected chi connectivity index (χ1v) is 10.4. The molecule has 0 atom stereocenters. The fraction of sp³-hybridized carbons (Fsp3) is 0.263. The van der Waals surface area contributed by atoms with Crippen LogP contribution in [-0.4, -0.2) is 44.3 Å². The maximum absolute atomic E-state index is 14.0. The number of anilines is 1. The van der Waals surface area contributed by atoms with Crippen LogP contribution < -0.4 is 9.80 Å². The van der Waals surface area contributed by atoms with E-state index in [0.29, 0.717) is 28.5 Å². The number of quaternary nitrogens is 1. The minimum absolute atomic E-state index is 0.0872. The van der Waals surface area contributed by atoms with Gasteiger partial charge in [-0.3, -0.25) is 9.69 Å². The first kappa shape index (κ1) is 19.7. The zero-order valence-electron chi connectivity index (χ0n) is 15.3. The van der Waals surface area contributed by atoms with Gasteiger partial charge in [0.1, 0.15) is 11.3 Å². The molecule has 0 bridgehead atoms. The van der Waals surface area contributed by atoms with Crippen molar-refractivity contribution in [3.05, 3.63) is 53.6 Å². The Hall–Kier alpha value is -2.03. The van der Waals surface area contributed by atoms with Gasteiger partial charge >= 0.3 is 0 Å². The summed E-state index contributed by atoms with van der Waals surface area (Å²) in [5.41, 5.74) is 0.622. The Morgan fingerprint density at radius 2 is 1.93 bits per heavy atom. The number of thiazole rings is 1. The number of nitrogens with zero attached hydrogens (tertiary/aromatic N) is 2. The van der Waals surface area contributed by atoms with Crippen LogP contribution in [0.3, 0.4) is 0 Å². The van der Waals surface area contributed by atoms with Crippen LogP contribution in [0.1, 0.15) is 10.4 Å². The van der Waals surface area contributed by atoms with Crippen LogP contribution in [0.5, 0.6) is 0 Å². The van der Waals surface area contributed by atoms with Crippen LogP contribution in [0, 0.1) is 11.6 Å². The summed E-state index contributed by atoms with van der Waals surface area (Å²) in [5.74, 6) is -1.58. The van der Waals surface area contributed by atoms with Gasteiger partial charge in [0.2, 0.25) is 0 Å². The first-order valence-electron chi connectivity index (χ1n) is 8.39. The van der Waals surface area contributed by atoms with E-state index in [1.165, 1.54) is 11.0 Å². The average molecular weight is 409 g/mol. The average Bonchev–Trinajstić information content (AvgIpc) is 3.05. The van der Waals surface area contributed by atoms with E-state index in [-0.39, 0.29) is 11.4 Å². The highest BCUT2D eigenvalue weighted by atomic mass is 32.2. The molecule has 0 fully saturated rings. The fourth-order valence-corrected chi connectivity index (χ4v) is 4.01. The molecular weight excluding hydrogens is 388 g/mol. The summed E-state index contributed by atoms with van der Waals surface area (Å²) in [5, 5.41) is 0.370. The highest BCUT2D eigenvalue weighted by Crippen LogP contribution is 2.32. The van der Waals surface area contributed by atoms with E-state index in [9.17, 15) is 13.6 Å². The predicted molar refractivity (Wildman–Crippen MR) is 107 cm³/mol. The normalized spacial score (nSPS) is 11.3. The Kier molecular flexibility index (Phi) is 6.08. The lowest BCUT2D eigenvalue weighted by Gasteiger charge is -2.20. The molecule has 1 N–H and O–H groups in total. The number of hydrogen-bond donors (Lipinski definition) is 1. The maximum atomic E-state index is 14.0. The number of carbonyl (C=O) groups excluding carboxylic acids is 1. The Balaban J connectivity index is 1.99. The zero-order chi connectivity index (χ0) is 19.6. The SMILES string of the molecule is CSc1ccc(C(=O)N(CC[NH+](C)C)c2nc3c(F)cc(F)cc3s2)cc1. The van der Waals surface area contributed by atoms with Crippen molar-refractivity contribution in [2.75, 3.05) is 38.3 Å². The van der Waals surface area contributed by atoms with E-state index >= 15 is 0 Å². The van der Waals surface area contributed by atoms with E-state index in [2.05, 4.69) is 4.98 Å². The highest BCUT2D eigenvalue weighted by molar-refractivity contribution is 7.98. The van der Waals surface area contributed by atoms with E-state index in [1.54, 1.807) is 28.8 Å². The van der Waals surface area contributed by atoms with Crippen LogP contribution in [0.25, 0.3) is 10.2 Å². The highest BCUT2D eigenvalue weighted by Gasteiger charge is 2.23. The van der Waals surface area contributed by atoms with Gasteiger partial charge in [-0.2, -0.15) is 0 Å². The van der Waals surface area contributed by atoms with E-state index in [0.717, 1.165) is 22.3 Å². The third-order valence-electron chi connectivity index (χ3n) is 4.05. The summed E-state index contributed by atoms with van der Waals surface area (Å²) in [6.45, 7) is 1.12. The third kappa shape index (κ3) is 4.45. The van der Waals surface area contributed by atoms with Gasteiger partial charge < -0.3 is 4.90 Å². The molecule has 1 heterocycles. The quantitative estimate of drug-likeness (QED) is 0.637. The number of hydrogen-bond acceptors (Lipinski definition) is 4. The van der Waals surface area contributed by atoms with Gasteiger partial charge in [0.05, 0.1) is 31.9 Å². The monoisotopic (exact) mass is 408 g/mol. The Morgan fingerprint density at radius 1 is 1.22 bits per heavy atom. The first-order chi connectivity index (χ1) is 12.9. The van der Waals surface area contributed by atoms with Crippen molar-refractivity contribution < 1.29 is 18.5 Å². The van der Waals surface area contributed by atoms with Crippen molar-refractivity contribution in [3.8, 4) is 0 Å². The second-order valence-electron chi connectivity index (χ2n) is 6.37. The summed E-state index contributed by atoms with van der Waals surface area (Å²) in [7, 11) is 3.98. The van der Waals surface area contributed by atoms with Crippen LogP contribution in [0.2, 0.25) is 0 Å². The molecule has 3 aromatic rings. The molecular formula is C19H20F2N3OS2+. The number of thioether (sulfide) groups is 1. The van der Waals surface area contributed by atoms with Gasteiger partial charge in [0, 0.05) is 16.5 Å². The molecule has 0 aliphatic heterocycles. The molecule has 0 radical (unpaired) electrons. The third-order valence-corrected chi connectivity index (χ3v) is 5.82. The molecule has 0 saturated carbocycles.